The van der Waals surface area contributed by atoms with E-state index >= 15 is 0 Å². The van der Waals surface area contributed by atoms with Crippen LogP contribution in [0.25, 0.3) is 0 Å². The normalized spacial score (nSPS) is 17.7. The van der Waals surface area contributed by atoms with Crippen LogP contribution in [0.15, 0.2) is 33.6 Å². The van der Waals surface area contributed by atoms with E-state index in [1.807, 2.05) is 23.1 Å². The molecule has 0 saturated heterocycles. The first-order valence-corrected chi connectivity index (χ1v) is 9.96. The van der Waals surface area contributed by atoms with Crippen LogP contribution in [0.1, 0.15) is 41.4 Å². The van der Waals surface area contributed by atoms with Gasteiger partial charge >= 0.3 is 0 Å². The van der Waals surface area contributed by atoms with Crippen molar-refractivity contribution in [1.29, 1.82) is 0 Å². The summed E-state index contributed by atoms with van der Waals surface area (Å²) in [5, 5.41) is 4.85. The van der Waals surface area contributed by atoms with Crippen molar-refractivity contribution in [3.05, 3.63) is 44.3 Å². The Hall–Kier alpha value is -0.360. The van der Waals surface area contributed by atoms with E-state index in [1.54, 1.807) is 0 Å². The maximum Gasteiger partial charge on any atom is 0.103 e. The number of fused-ring (bicyclic) bond motifs is 1. The van der Waals surface area contributed by atoms with Crippen molar-refractivity contribution in [2.45, 2.75) is 42.9 Å². The van der Waals surface area contributed by atoms with Gasteiger partial charge in [0.25, 0.3) is 0 Å². The number of benzene rings is 1. The molecule has 1 N–H and O–H groups in total. The second-order valence-corrected chi connectivity index (χ2v) is 8.24. The molecule has 0 bridgehead atoms. The summed E-state index contributed by atoms with van der Waals surface area (Å²) in [6, 6.07) is 9.03. The first-order valence-electron chi connectivity index (χ1n) is 7.36. The SMILES string of the molecule is CCNC1CCCc2nc(CSc3ccc(Br)cc3)sc21. The summed E-state index contributed by atoms with van der Waals surface area (Å²) in [4.78, 5) is 7.65. The lowest BCUT2D eigenvalue weighted by Gasteiger charge is -2.21. The number of halogens is 1. The number of thioether (sulfide) groups is 1. The Labute approximate surface area is 142 Å². The first kappa shape index (κ1) is 15.5. The number of aryl methyl sites for hydroxylation is 1. The van der Waals surface area contributed by atoms with Gasteiger partial charge in [-0.05, 0) is 50.1 Å². The molecule has 21 heavy (non-hydrogen) atoms. The van der Waals surface area contributed by atoms with Crippen LogP contribution in [0.5, 0.6) is 0 Å². The van der Waals surface area contributed by atoms with Gasteiger partial charge in [0.15, 0.2) is 0 Å². The largest absolute Gasteiger partial charge is 0.309 e. The molecule has 3 rings (SSSR count). The van der Waals surface area contributed by atoms with E-state index in [4.69, 9.17) is 4.98 Å². The maximum atomic E-state index is 4.86. The summed E-state index contributed by atoms with van der Waals surface area (Å²) in [7, 11) is 0. The zero-order valence-corrected chi connectivity index (χ0v) is 15.3. The van der Waals surface area contributed by atoms with Gasteiger partial charge in [-0.15, -0.1) is 23.1 Å². The van der Waals surface area contributed by atoms with E-state index in [0.29, 0.717) is 6.04 Å². The lowest BCUT2D eigenvalue weighted by molar-refractivity contribution is 0.476. The van der Waals surface area contributed by atoms with E-state index in [-0.39, 0.29) is 0 Å². The van der Waals surface area contributed by atoms with Crippen molar-refractivity contribution in [3.63, 3.8) is 0 Å². The Bertz CT molecular complexity index is 595. The topological polar surface area (TPSA) is 24.9 Å². The molecule has 112 valence electrons. The monoisotopic (exact) mass is 382 g/mol. The Morgan fingerprint density at radius 1 is 1.38 bits per heavy atom. The fourth-order valence-electron chi connectivity index (χ4n) is 2.65. The van der Waals surface area contributed by atoms with Crippen molar-refractivity contribution < 1.29 is 0 Å². The predicted molar refractivity (Wildman–Crippen MR) is 95.2 cm³/mol. The van der Waals surface area contributed by atoms with Gasteiger partial charge in [-0.3, -0.25) is 0 Å². The first-order chi connectivity index (χ1) is 10.3. The number of hydrogen-bond acceptors (Lipinski definition) is 4. The summed E-state index contributed by atoms with van der Waals surface area (Å²) >= 11 is 7.24. The minimum absolute atomic E-state index is 0.530. The molecule has 1 unspecified atom stereocenters. The van der Waals surface area contributed by atoms with Gasteiger partial charge in [0.05, 0.1) is 11.4 Å². The summed E-state index contributed by atoms with van der Waals surface area (Å²) in [5.41, 5.74) is 1.34. The predicted octanol–water partition coefficient (Wildman–Crippen LogP) is 5.18. The lowest BCUT2D eigenvalue weighted by atomic mass is 9.98. The molecule has 1 heterocycles. The molecule has 2 aromatic rings. The number of hydrogen-bond donors (Lipinski definition) is 1. The molecule has 5 heteroatoms. The average molecular weight is 383 g/mol. The van der Waals surface area contributed by atoms with Crippen LogP contribution in [0, 0.1) is 0 Å². The Morgan fingerprint density at radius 2 is 2.19 bits per heavy atom. The molecule has 0 amide bonds. The number of nitrogens with one attached hydrogen (secondary N) is 1. The van der Waals surface area contributed by atoms with Crippen LogP contribution in [0.3, 0.4) is 0 Å². The number of nitrogens with zero attached hydrogens (tertiary/aromatic N) is 1. The Kier molecular flexibility index (Phi) is 5.38. The molecule has 0 spiro atoms. The third kappa shape index (κ3) is 3.89. The molecular formula is C16H19BrN2S2. The molecule has 1 aliphatic carbocycles. The molecule has 0 fully saturated rings. The molecule has 0 saturated carbocycles. The van der Waals surface area contributed by atoms with Crippen molar-refractivity contribution in [3.8, 4) is 0 Å². The third-order valence-corrected chi connectivity index (χ3v) is 6.57. The molecule has 2 nitrogen and oxygen atoms in total. The molecule has 1 aromatic heterocycles. The van der Waals surface area contributed by atoms with Gasteiger partial charge in [-0.2, -0.15) is 0 Å². The highest BCUT2D eigenvalue weighted by molar-refractivity contribution is 9.10. The Morgan fingerprint density at radius 3 is 2.95 bits per heavy atom. The fourth-order valence-corrected chi connectivity index (χ4v) is 5.03. The van der Waals surface area contributed by atoms with E-state index in [0.717, 1.165) is 23.2 Å². The van der Waals surface area contributed by atoms with Crippen LogP contribution in [0.2, 0.25) is 0 Å². The van der Waals surface area contributed by atoms with E-state index < -0.39 is 0 Å². The molecule has 1 atom stereocenters. The van der Waals surface area contributed by atoms with E-state index in [9.17, 15) is 0 Å². The van der Waals surface area contributed by atoms with Crippen LogP contribution in [0.4, 0.5) is 0 Å². The van der Waals surface area contributed by atoms with Gasteiger partial charge in [0.1, 0.15) is 5.01 Å². The van der Waals surface area contributed by atoms with Gasteiger partial charge in [0, 0.05) is 20.3 Å². The van der Waals surface area contributed by atoms with Crippen LogP contribution in [-0.4, -0.2) is 11.5 Å². The number of aromatic nitrogens is 1. The molecule has 0 aliphatic heterocycles. The van der Waals surface area contributed by atoms with Crippen molar-refractivity contribution in [2.24, 2.45) is 0 Å². The minimum atomic E-state index is 0.530. The van der Waals surface area contributed by atoms with Gasteiger partial charge in [-0.1, -0.05) is 22.9 Å². The molecular weight excluding hydrogens is 364 g/mol. The molecule has 1 aliphatic rings. The second-order valence-electron chi connectivity index (χ2n) is 5.16. The highest BCUT2D eigenvalue weighted by Crippen LogP contribution is 2.36. The van der Waals surface area contributed by atoms with Crippen molar-refractivity contribution >= 4 is 39.0 Å². The highest BCUT2D eigenvalue weighted by atomic mass is 79.9. The number of thiazole rings is 1. The minimum Gasteiger partial charge on any atom is -0.309 e. The Balaban J connectivity index is 1.68. The van der Waals surface area contributed by atoms with Crippen molar-refractivity contribution in [2.75, 3.05) is 6.54 Å². The van der Waals surface area contributed by atoms with Crippen LogP contribution < -0.4 is 5.32 Å². The summed E-state index contributed by atoms with van der Waals surface area (Å²) < 4.78 is 1.13. The van der Waals surface area contributed by atoms with Crippen LogP contribution >= 0.6 is 39.0 Å². The summed E-state index contributed by atoms with van der Waals surface area (Å²) in [6.07, 6.45) is 3.66. The molecule has 0 radical (unpaired) electrons. The highest BCUT2D eigenvalue weighted by Gasteiger charge is 2.23. The summed E-state index contributed by atoms with van der Waals surface area (Å²) in [6.45, 7) is 3.21. The summed E-state index contributed by atoms with van der Waals surface area (Å²) in [5.74, 6) is 0.970. The van der Waals surface area contributed by atoms with E-state index in [1.165, 1.54) is 33.3 Å². The second kappa shape index (κ2) is 7.27. The van der Waals surface area contributed by atoms with Crippen molar-refractivity contribution in [1.82, 2.24) is 10.3 Å². The van der Waals surface area contributed by atoms with Gasteiger partial charge in [0.2, 0.25) is 0 Å². The quantitative estimate of drug-likeness (QED) is 0.720. The zero-order valence-electron chi connectivity index (χ0n) is 12.1. The van der Waals surface area contributed by atoms with Gasteiger partial charge < -0.3 is 5.32 Å². The maximum absolute atomic E-state index is 4.86. The molecule has 1 aromatic carbocycles. The zero-order chi connectivity index (χ0) is 14.7. The third-order valence-electron chi connectivity index (χ3n) is 3.62. The van der Waals surface area contributed by atoms with E-state index in [2.05, 4.69) is 52.4 Å². The lowest BCUT2D eigenvalue weighted by Crippen LogP contribution is -2.23. The fraction of sp³-hybridized carbons (Fsp3) is 0.438. The van der Waals surface area contributed by atoms with Crippen LogP contribution in [-0.2, 0) is 12.2 Å². The standard InChI is InChI=1S/C16H19BrN2S2/c1-2-18-13-4-3-5-14-16(13)21-15(19-14)10-20-12-8-6-11(17)7-9-12/h6-9,13,18H,2-5,10H2,1H3. The number of rotatable bonds is 5. The average Bonchev–Trinajstić information content (AvgIpc) is 2.91. The van der Waals surface area contributed by atoms with Gasteiger partial charge in [-0.25, -0.2) is 4.98 Å². The smallest absolute Gasteiger partial charge is 0.103 e.